The lowest BCUT2D eigenvalue weighted by Gasteiger charge is -2.28. The zero-order valence-corrected chi connectivity index (χ0v) is 22.0. The number of carbonyl (C=O) groups is 3. The fraction of sp³-hybridized carbons (Fsp3) is 0.400. The molecule has 1 saturated carbocycles. The summed E-state index contributed by atoms with van der Waals surface area (Å²) in [7, 11) is 4.04. The Bertz CT molecular complexity index is 1420. The number of carbonyl (C=O) groups excluding carboxylic acids is 3. The number of thiophene rings is 1. The van der Waals surface area contributed by atoms with Crippen LogP contribution in [0, 0.1) is 5.41 Å². The first-order valence-electron chi connectivity index (χ1n) is 12.1. The van der Waals surface area contributed by atoms with E-state index in [2.05, 4.69) is 45.1 Å². The van der Waals surface area contributed by atoms with E-state index in [0.29, 0.717) is 34.4 Å². The Labute approximate surface area is 218 Å². The number of amides is 4. The van der Waals surface area contributed by atoms with E-state index in [1.165, 1.54) is 11.3 Å². The lowest BCUT2D eigenvalue weighted by Crippen LogP contribution is -2.39. The van der Waals surface area contributed by atoms with Crippen molar-refractivity contribution in [1.82, 2.24) is 35.4 Å². The third kappa shape index (κ3) is 5.65. The van der Waals surface area contributed by atoms with E-state index in [-0.39, 0.29) is 17.0 Å². The maximum atomic E-state index is 12.9. The largest absolute Gasteiger partial charge is 0.367 e. The third-order valence-corrected chi connectivity index (χ3v) is 6.97. The monoisotopic (exact) mass is 522 g/mol. The molecule has 11 nitrogen and oxygen atoms in total. The molecule has 37 heavy (non-hydrogen) atoms. The number of urea groups is 1. The zero-order chi connectivity index (χ0) is 26.3. The summed E-state index contributed by atoms with van der Waals surface area (Å²) in [4.78, 5) is 44.0. The molecule has 3 aromatic heterocycles. The molecule has 0 aromatic carbocycles. The molecule has 3 aromatic rings. The minimum atomic E-state index is -0.563. The van der Waals surface area contributed by atoms with Crippen LogP contribution in [0.4, 0.5) is 10.6 Å². The maximum Gasteiger partial charge on any atom is 0.326 e. The van der Waals surface area contributed by atoms with Crippen molar-refractivity contribution in [3.63, 3.8) is 0 Å². The minimum Gasteiger partial charge on any atom is -0.367 e. The maximum absolute atomic E-state index is 12.9. The van der Waals surface area contributed by atoms with Gasteiger partial charge in [-0.2, -0.15) is 9.61 Å². The summed E-state index contributed by atoms with van der Waals surface area (Å²) in [5, 5.41) is 17.6. The van der Waals surface area contributed by atoms with E-state index < -0.39 is 11.9 Å². The van der Waals surface area contributed by atoms with E-state index in [0.717, 1.165) is 30.8 Å². The molecule has 0 radical (unpaired) electrons. The topological polar surface area (TPSA) is 133 Å². The highest BCUT2D eigenvalue weighted by atomic mass is 32.1. The van der Waals surface area contributed by atoms with Crippen molar-refractivity contribution >= 4 is 46.7 Å². The molecule has 2 fully saturated rings. The molecule has 5 rings (SSSR count). The summed E-state index contributed by atoms with van der Waals surface area (Å²) in [5.41, 5.74) is 2.69. The zero-order valence-electron chi connectivity index (χ0n) is 21.2. The molecule has 2 aliphatic rings. The first-order chi connectivity index (χ1) is 17.6. The molecule has 1 saturated heterocycles. The summed E-state index contributed by atoms with van der Waals surface area (Å²) in [5.74, 6) is 0.159. The van der Waals surface area contributed by atoms with Gasteiger partial charge >= 0.3 is 6.03 Å². The second-order valence-electron chi connectivity index (χ2n) is 10.5. The lowest BCUT2D eigenvalue weighted by molar-refractivity contribution is -0.115. The highest BCUT2D eigenvalue weighted by molar-refractivity contribution is 7.12. The second kappa shape index (κ2) is 9.60. The summed E-state index contributed by atoms with van der Waals surface area (Å²) in [6, 6.07) is 3.58. The molecule has 4 amide bonds. The van der Waals surface area contributed by atoms with Gasteiger partial charge in [-0.3, -0.25) is 14.9 Å². The van der Waals surface area contributed by atoms with Gasteiger partial charge in [0.25, 0.3) is 11.8 Å². The van der Waals surface area contributed by atoms with Crippen LogP contribution in [0.15, 0.2) is 29.4 Å². The van der Waals surface area contributed by atoms with Gasteiger partial charge in [0.15, 0.2) is 5.65 Å². The van der Waals surface area contributed by atoms with E-state index in [4.69, 9.17) is 4.98 Å². The number of fused-ring (bicyclic) bond motifs is 1. The summed E-state index contributed by atoms with van der Waals surface area (Å²) < 4.78 is 1.69. The van der Waals surface area contributed by atoms with Crippen molar-refractivity contribution in [2.24, 2.45) is 5.41 Å². The lowest BCUT2D eigenvalue weighted by atomic mass is 9.93. The van der Waals surface area contributed by atoms with E-state index in [9.17, 15) is 14.4 Å². The number of anilines is 1. The molecule has 0 atom stereocenters. The van der Waals surface area contributed by atoms with E-state index >= 15 is 0 Å². The van der Waals surface area contributed by atoms with Gasteiger partial charge in [-0.05, 0) is 44.5 Å². The Morgan fingerprint density at radius 3 is 2.73 bits per heavy atom. The molecule has 4 heterocycles. The van der Waals surface area contributed by atoms with Gasteiger partial charge < -0.3 is 20.9 Å². The van der Waals surface area contributed by atoms with Crippen LogP contribution in [0.3, 0.4) is 0 Å². The van der Waals surface area contributed by atoms with Crippen molar-refractivity contribution in [2.45, 2.75) is 32.7 Å². The number of hydrogen-bond donors (Lipinski definition) is 4. The highest BCUT2D eigenvalue weighted by Crippen LogP contribution is 2.31. The minimum absolute atomic E-state index is 0.0577. The molecule has 194 valence electrons. The van der Waals surface area contributed by atoms with Gasteiger partial charge in [0.05, 0.1) is 16.8 Å². The van der Waals surface area contributed by atoms with Crippen LogP contribution in [0.1, 0.15) is 41.9 Å². The number of hydrogen-bond acceptors (Lipinski definition) is 8. The van der Waals surface area contributed by atoms with Gasteiger partial charge in [0.2, 0.25) is 0 Å². The fourth-order valence-electron chi connectivity index (χ4n) is 4.32. The Morgan fingerprint density at radius 1 is 1.27 bits per heavy atom. The number of aromatic nitrogens is 3. The first kappa shape index (κ1) is 24.9. The average molecular weight is 523 g/mol. The van der Waals surface area contributed by atoms with Crippen LogP contribution < -0.4 is 21.3 Å². The standard InChI is InChI=1S/C25H30N8O3S/c1-25(2,13-32(3)4)12-26-23(35)19-8-15(11-37-19)17-9-20(28-16-5-6-16)33-21(29-17)14(10-27-33)7-18-22(34)31-24(36)30-18/h7-11,16,28H,5-6,12-13H2,1-4H3,(H,26,35)(H2,30,31,34,36)/b18-7-. The number of nitrogens with zero attached hydrogens (tertiary/aromatic N) is 4. The Hall–Kier alpha value is -3.77. The molecule has 0 spiro atoms. The van der Waals surface area contributed by atoms with Crippen LogP contribution in [0.5, 0.6) is 0 Å². The normalized spacial score (nSPS) is 16.9. The van der Waals surface area contributed by atoms with Crippen LogP contribution >= 0.6 is 11.3 Å². The predicted molar refractivity (Wildman–Crippen MR) is 142 cm³/mol. The number of rotatable bonds is 9. The van der Waals surface area contributed by atoms with Gasteiger partial charge in [-0.15, -0.1) is 11.3 Å². The Morgan fingerprint density at radius 2 is 2.05 bits per heavy atom. The van der Waals surface area contributed by atoms with Crippen molar-refractivity contribution in [1.29, 1.82) is 0 Å². The first-order valence-corrected chi connectivity index (χ1v) is 13.0. The van der Waals surface area contributed by atoms with E-state index in [1.807, 2.05) is 31.6 Å². The van der Waals surface area contributed by atoms with Crippen LogP contribution in [0.25, 0.3) is 23.0 Å². The summed E-state index contributed by atoms with van der Waals surface area (Å²) in [6.45, 7) is 5.67. The van der Waals surface area contributed by atoms with Crippen molar-refractivity contribution in [3.05, 3.63) is 39.8 Å². The van der Waals surface area contributed by atoms with Crippen molar-refractivity contribution in [2.75, 3.05) is 32.5 Å². The smallest absolute Gasteiger partial charge is 0.326 e. The number of nitrogens with one attached hydrogen (secondary N) is 4. The fourth-order valence-corrected chi connectivity index (χ4v) is 5.13. The molecule has 0 unspecified atom stereocenters. The highest BCUT2D eigenvalue weighted by Gasteiger charge is 2.26. The molecule has 0 bridgehead atoms. The summed E-state index contributed by atoms with van der Waals surface area (Å²) >= 11 is 1.37. The van der Waals surface area contributed by atoms with Crippen molar-refractivity contribution in [3.8, 4) is 11.3 Å². The Balaban J connectivity index is 1.44. The quantitative estimate of drug-likeness (QED) is 0.251. The van der Waals surface area contributed by atoms with Crippen molar-refractivity contribution < 1.29 is 14.4 Å². The molecular weight excluding hydrogens is 492 g/mol. The predicted octanol–water partition coefficient (Wildman–Crippen LogP) is 2.53. The molecule has 4 N–H and O–H groups in total. The molecule has 1 aliphatic heterocycles. The van der Waals surface area contributed by atoms with E-state index in [1.54, 1.807) is 16.8 Å². The molecular formula is C25H30N8O3S. The van der Waals surface area contributed by atoms with Gasteiger partial charge in [-0.25, -0.2) is 9.78 Å². The summed E-state index contributed by atoms with van der Waals surface area (Å²) in [6.07, 6.45) is 5.33. The van der Waals surface area contributed by atoms with Crippen LogP contribution in [0.2, 0.25) is 0 Å². The van der Waals surface area contributed by atoms with Crippen LogP contribution in [-0.2, 0) is 4.79 Å². The SMILES string of the molecule is CN(C)CC(C)(C)CNC(=O)c1cc(-c2cc(NC3CC3)n3ncc(/C=C4\NC(=O)NC4=O)c3n2)cs1. The second-order valence-corrected chi connectivity index (χ2v) is 11.4. The Kier molecular flexibility index (Phi) is 6.46. The molecule has 12 heteroatoms. The van der Waals surface area contributed by atoms with Gasteiger partial charge in [-0.1, -0.05) is 13.8 Å². The third-order valence-electron chi connectivity index (χ3n) is 6.04. The van der Waals surface area contributed by atoms with Gasteiger partial charge in [0.1, 0.15) is 11.5 Å². The molecule has 1 aliphatic carbocycles. The number of imide groups is 1. The average Bonchev–Trinajstić information content (AvgIpc) is 3.20. The van der Waals surface area contributed by atoms with Crippen LogP contribution in [-0.4, -0.2) is 70.6 Å². The van der Waals surface area contributed by atoms with Gasteiger partial charge in [0, 0.05) is 41.7 Å².